The molecular weight excluding hydrogens is 377 g/mol. The summed E-state index contributed by atoms with van der Waals surface area (Å²) >= 11 is 1.92. The molecule has 1 amide bonds. The molecule has 6 nitrogen and oxygen atoms in total. The molecule has 0 radical (unpaired) electrons. The predicted molar refractivity (Wildman–Crippen MR) is 110 cm³/mol. The van der Waals surface area contributed by atoms with Gasteiger partial charge in [-0.2, -0.15) is 16.9 Å². The predicted octanol–water partition coefficient (Wildman–Crippen LogP) is 3.43. The highest BCUT2D eigenvalue weighted by Gasteiger charge is 2.16. The highest BCUT2D eigenvalue weighted by molar-refractivity contribution is 7.99. The average molecular weight is 397 g/mol. The van der Waals surface area contributed by atoms with Gasteiger partial charge in [0.2, 0.25) is 0 Å². The molecule has 0 bridgehead atoms. The Balaban J connectivity index is 1.55. The van der Waals surface area contributed by atoms with Gasteiger partial charge in [-0.05, 0) is 29.8 Å². The molecule has 1 aliphatic rings. The highest BCUT2D eigenvalue weighted by Crippen LogP contribution is 2.23. The van der Waals surface area contributed by atoms with Crippen LogP contribution in [0.5, 0.6) is 0 Å². The van der Waals surface area contributed by atoms with E-state index in [0.717, 1.165) is 41.5 Å². The van der Waals surface area contributed by atoms with Crippen molar-refractivity contribution >= 4 is 29.3 Å². The molecule has 0 atom stereocenters. The number of halogens is 1. The number of hydrogen-bond acceptors (Lipinski definition) is 5. The number of carbonyl (C=O) groups excluding carboxylic acids is 1. The Morgan fingerprint density at radius 1 is 1.18 bits per heavy atom. The van der Waals surface area contributed by atoms with Crippen molar-refractivity contribution in [3.05, 3.63) is 60.2 Å². The first-order valence-corrected chi connectivity index (χ1v) is 10.2. The number of amides is 1. The maximum Gasteiger partial charge on any atom is 0.259 e. The lowest BCUT2D eigenvalue weighted by Gasteiger charge is -2.27. The summed E-state index contributed by atoms with van der Waals surface area (Å²) in [4.78, 5) is 19.4. The number of hydrogen-bond donors (Lipinski definition) is 1. The zero-order valence-electron chi connectivity index (χ0n) is 15.4. The number of benzene rings is 1. The van der Waals surface area contributed by atoms with E-state index in [2.05, 4.69) is 20.3 Å². The molecule has 8 heteroatoms. The molecule has 0 saturated carbocycles. The van der Waals surface area contributed by atoms with Crippen LogP contribution in [-0.4, -0.2) is 45.3 Å². The number of aryl methyl sites for hydroxylation is 1. The maximum absolute atomic E-state index is 14.3. The normalized spacial score (nSPS) is 14.1. The van der Waals surface area contributed by atoms with Crippen molar-refractivity contribution in [1.82, 2.24) is 14.8 Å². The van der Waals surface area contributed by atoms with E-state index in [1.54, 1.807) is 30.1 Å². The fourth-order valence-corrected chi connectivity index (χ4v) is 4.00. The van der Waals surface area contributed by atoms with Crippen LogP contribution in [0, 0.1) is 5.82 Å². The number of carbonyl (C=O) groups is 1. The van der Waals surface area contributed by atoms with Crippen LogP contribution in [0.3, 0.4) is 0 Å². The molecule has 1 saturated heterocycles. The summed E-state index contributed by atoms with van der Waals surface area (Å²) in [6.45, 7) is 1.85. The van der Waals surface area contributed by atoms with E-state index in [4.69, 9.17) is 0 Å². The van der Waals surface area contributed by atoms with Crippen LogP contribution in [0.4, 0.5) is 16.0 Å². The van der Waals surface area contributed by atoms with Gasteiger partial charge in [-0.3, -0.25) is 9.48 Å². The third kappa shape index (κ3) is 4.01. The molecule has 1 aromatic carbocycles. The minimum atomic E-state index is -0.575. The van der Waals surface area contributed by atoms with Gasteiger partial charge in [0.05, 0.1) is 11.8 Å². The molecule has 1 fully saturated rings. The van der Waals surface area contributed by atoms with E-state index < -0.39 is 11.7 Å². The van der Waals surface area contributed by atoms with Gasteiger partial charge < -0.3 is 10.2 Å². The van der Waals surface area contributed by atoms with Crippen LogP contribution in [0.15, 0.2) is 48.8 Å². The Hall–Kier alpha value is -2.87. The van der Waals surface area contributed by atoms with Crippen molar-refractivity contribution in [3.8, 4) is 11.1 Å². The number of thioether (sulfide) groups is 1. The Bertz CT molecular complexity index is 1000. The summed E-state index contributed by atoms with van der Waals surface area (Å²) in [6, 6.07) is 9.95. The summed E-state index contributed by atoms with van der Waals surface area (Å²) in [5.74, 6) is 2.25. The van der Waals surface area contributed by atoms with Crippen molar-refractivity contribution in [2.24, 2.45) is 7.05 Å². The Morgan fingerprint density at radius 3 is 2.75 bits per heavy atom. The Kier molecular flexibility index (Phi) is 5.29. The van der Waals surface area contributed by atoms with E-state index in [0.29, 0.717) is 5.82 Å². The molecule has 0 spiro atoms. The number of anilines is 2. The van der Waals surface area contributed by atoms with Crippen molar-refractivity contribution in [3.63, 3.8) is 0 Å². The standard InChI is InChI=1S/C20H20FN5OS/c1-25-13-15(12-22-25)14-5-6-17(21)16(11-14)20(27)24-18-3-2-4-19(23-18)26-7-9-28-10-8-26/h2-6,11-13H,7-10H2,1H3,(H,23,24,27). The van der Waals surface area contributed by atoms with Crippen molar-refractivity contribution in [1.29, 1.82) is 0 Å². The molecule has 4 rings (SSSR count). The Labute approximate surface area is 166 Å². The molecule has 1 N–H and O–H groups in total. The summed E-state index contributed by atoms with van der Waals surface area (Å²) < 4.78 is 16.0. The van der Waals surface area contributed by atoms with E-state index in [1.807, 2.05) is 30.1 Å². The molecule has 144 valence electrons. The van der Waals surface area contributed by atoms with Gasteiger partial charge in [0.15, 0.2) is 0 Å². The number of aromatic nitrogens is 3. The summed E-state index contributed by atoms with van der Waals surface area (Å²) in [5, 5.41) is 6.84. The van der Waals surface area contributed by atoms with Crippen LogP contribution < -0.4 is 10.2 Å². The van der Waals surface area contributed by atoms with Gasteiger partial charge in [0.25, 0.3) is 5.91 Å². The second-order valence-electron chi connectivity index (χ2n) is 6.53. The largest absolute Gasteiger partial charge is 0.355 e. The third-order valence-corrected chi connectivity index (χ3v) is 5.50. The molecule has 3 heterocycles. The Morgan fingerprint density at radius 2 is 2.00 bits per heavy atom. The smallest absolute Gasteiger partial charge is 0.259 e. The number of nitrogens with zero attached hydrogens (tertiary/aromatic N) is 4. The van der Waals surface area contributed by atoms with Gasteiger partial charge in [-0.15, -0.1) is 0 Å². The van der Waals surface area contributed by atoms with Crippen molar-refractivity contribution in [2.45, 2.75) is 0 Å². The second-order valence-corrected chi connectivity index (χ2v) is 7.76. The van der Waals surface area contributed by atoms with Crippen molar-refractivity contribution < 1.29 is 9.18 Å². The lowest BCUT2D eigenvalue weighted by atomic mass is 10.1. The minimum absolute atomic E-state index is 0.0251. The van der Waals surface area contributed by atoms with Crippen LogP contribution in [0.2, 0.25) is 0 Å². The number of nitrogens with one attached hydrogen (secondary N) is 1. The zero-order valence-corrected chi connectivity index (χ0v) is 16.2. The first-order valence-electron chi connectivity index (χ1n) is 9.00. The summed E-state index contributed by atoms with van der Waals surface area (Å²) in [5.41, 5.74) is 1.52. The van der Waals surface area contributed by atoms with Crippen LogP contribution in [0.1, 0.15) is 10.4 Å². The fraction of sp³-hybridized carbons (Fsp3) is 0.250. The number of pyridine rings is 1. The average Bonchev–Trinajstić information content (AvgIpc) is 3.15. The number of rotatable bonds is 4. The van der Waals surface area contributed by atoms with Crippen molar-refractivity contribution in [2.75, 3.05) is 34.8 Å². The van der Waals surface area contributed by atoms with Gasteiger partial charge in [0.1, 0.15) is 17.5 Å². The van der Waals surface area contributed by atoms with E-state index in [-0.39, 0.29) is 5.56 Å². The molecule has 3 aromatic rings. The second kappa shape index (κ2) is 8.02. The SMILES string of the molecule is Cn1cc(-c2ccc(F)c(C(=O)Nc3cccc(N4CCSCC4)n3)c2)cn1. The molecular formula is C20H20FN5OS. The van der Waals surface area contributed by atoms with E-state index in [1.165, 1.54) is 12.1 Å². The molecule has 0 unspecified atom stereocenters. The highest BCUT2D eigenvalue weighted by atomic mass is 32.2. The lowest BCUT2D eigenvalue weighted by Crippen LogP contribution is -2.33. The summed E-state index contributed by atoms with van der Waals surface area (Å²) in [7, 11) is 1.81. The van der Waals surface area contributed by atoms with Crippen LogP contribution in [0.25, 0.3) is 11.1 Å². The topological polar surface area (TPSA) is 63.1 Å². The molecule has 2 aromatic heterocycles. The van der Waals surface area contributed by atoms with Gasteiger partial charge in [-0.25, -0.2) is 9.37 Å². The van der Waals surface area contributed by atoms with Crippen LogP contribution >= 0.6 is 11.8 Å². The lowest BCUT2D eigenvalue weighted by molar-refractivity contribution is 0.102. The maximum atomic E-state index is 14.3. The summed E-state index contributed by atoms with van der Waals surface area (Å²) in [6.07, 6.45) is 3.49. The van der Waals surface area contributed by atoms with Crippen LogP contribution in [-0.2, 0) is 7.05 Å². The quantitative estimate of drug-likeness (QED) is 0.731. The monoisotopic (exact) mass is 397 g/mol. The van der Waals surface area contributed by atoms with E-state index >= 15 is 0 Å². The molecule has 0 aliphatic carbocycles. The zero-order chi connectivity index (χ0) is 19.5. The minimum Gasteiger partial charge on any atom is -0.355 e. The molecule has 1 aliphatic heterocycles. The first-order chi connectivity index (χ1) is 13.6. The van der Waals surface area contributed by atoms with Gasteiger partial charge in [-0.1, -0.05) is 12.1 Å². The fourth-order valence-electron chi connectivity index (χ4n) is 3.09. The van der Waals surface area contributed by atoms with Gasteiger partial charge >= 0.3 is 0 Å². The molecule has 28 heavy (non-hydrogen) atoms. The van der Waals surface area contributed by atoms with E-state index in [9.17, 15) is 9.18 Å². The van der Waals surface area contributed by atoms with Gasteiger partial charge in [0, 0.05) is 43.4 Å². The third-order valence-electron chi connectivity index (χ3n) is 4.56. The first kappa shape index (κ1) is 18.5.